The van der Waals surface area contributed by atoms with E-state index in [1.807, 2.05) is 21.0 Å². The molecule has 0 spiro atoms. The van der Waals surface area contributed by atoms with Gasteiger partial charge in [0.15, 0.2) is 0 Å². The maximum absolute atomic E-state index is 13.1. The second kappa shape index (κ2) is 7.17. The molecule has 0 saturated carbocycles. The molecular formula is C16H22FN5. The number of hydrogen-bond acceptors (Lipinski definition) is 5. The standard InChI is InChI=1S/C16H22FN5/c1-4-11-9-20-16(18)21-15(11)19-10-14(22(2)3)12-5-7-13(17)8-6-12/h5-9,14H,4,10H2,1-3H3,(H3,18,19,20,21)/t14-/m1/s1. The number of rotatable bonds is 6. The Kier molecular flexibility index (Phi) is 5.27. The Morgan fingerprint density at radius 2 is 1.95 bits per heavy atom. The molecule has 0 aliphatic heterocycles. The Balaban J connectivity index is 2.16. The zero-order chi connectivity index (χ0) is 16.1. The van der Waals surface area contributed by atoms with E-state index in [4.69, 9.17) is 5.73 Å². The van der Waals surface area contributed by atoms with Crippen LogP contribution in [0.25, 0.3) is 0 Å². The predicted molar refractivity (Wildman–Crippen MR) is 87.1 cm³/mol. The summed E-state index contributed by atoms with van der Waals surface area (Å²) in [6.07, 6.45) is 2.57. The van der Waals surface area contributed by atoms with E-state index in [9.17, 15) is 4.39 Å². The van der Waals surface area contributed by atoms with Gasteiger partial charge >= 0.3 is 0 Å². The van der Waals surface area contributed by atoms with Gasteiger partial charge in [-0.3, -0.25) is 0 Å². The van der Waals surface area contributed by atoms with E-state index < -0.39 is 0 Å². The van der Waals surface area contributed by atoms with Crippen molar-refractivity contribution in [1.29, 1.82) is 0 Å². The molecule has 0 aliphatic rings. The third kappa shape index (κ3) is 3.92. The molecule has 1 atom stereocenters. The van der Waals surface area contributed by atoms with Crippen LogP contribution in [-0.4, -0.2) is 35.5 Å². The quantitative estimate of drug-likeness (QED) is 0.858. The van der Waals surface area contributed by atoms with Crippen LogP contribution in [-0.2, 0) is 6.42 Å². The number of benzene rings is 1. The largest absolute Gasteiger partial charge is 0.368 e. The van der Waals surface area contributed by atoms with Gasteiger partial charge in [0, 0.05) is 18.3 Å². The van der Waals surface area contributed by atoms with Crippen molar-refractivity contribution < 1.29 is 4.39 Å². The minimum absolute atomic E-state index is 0.0986. The van der Waals surface area contributed by atoms with Gasteiger partial charge in [0.1, 0.15) is 11.6 Å². The highest BCUT2D eigenvalue weighted by molar-refractivity contribution is 5.46. The second-order valence-corrected chi connectivity index (χ2v) is 5.37. The first-order valence-electron chi connectivity index (χ1n) is 7.28. The second-order valence-electron chi connectivity index (χ2n) is 5.37. The van der Waals surface area contributed by atoms with E-state index in [1.165, 1.54) is 12.1 Å². The predicted octanol–water partition coefficient (Wildman–Crippen LogP) is 2.48. The molecule has 22 heavy (non-hydrogen) atoms. The zero-order valence-corrected chi connectivity index (χ0v) is 13.2. The van der Waals surface area contributed by atoms with Gasteiger partial charge in [0.05, 0.1) is 6.04 Å². The van der Waals surface area contributed by atoms with E-state index in [-0.39, 0.29) is 17.8 Å². The molecule has 2 aromatic rings. The Labute approximate surface area is 130 Å². The highest BCUT2D eigenvalue weighted by atomic mass is 19.1. The molecule has 0 radical (unpaired) electrons. The lowest BCUT2D eigenvalue weighted by atomic mass is 10.1. The molecule has 0 aliphatic carbocycles. The molecule has 3 N–H and O–H groups in total. The molecule has 1 aromatic heterocycles. The van der Waals surface area contributed by atoms with Crippen molar-refractivity contribution in [3.63, 3.8) is 0 Å². The van der Waals surface area contributed by atoms with Gasteiger partial charge in [-0.15, -0.1) is 0 Å². The number of aryl methyl sites for hydroxylation is 1. The molecule has 6 heteroatoms. The van der Waals surface area contributed by atoms with Crippen LogP contribution in [0.4, 0.5) is 16.2 Å². The van der Waals surface area contributed by atoms with Crippen LogP contribution in [0.5, 0.6) is 0 Å². The molecular weight excluding hydrogens is 281 g/mol. The summed E-state index contributed by atoms with van der Waals surface area (Å²) in [6, 6.07) is 6.66. The van der Waals surface area contributed by atoms with Crippen LogP contribution >= 0.6 is 0 Å². The topological polar surface area (TPSA) is 67.1 Å². The Morgan fingerprint density at radius 1 is 1.27 bits per heavy atom. The summed E-state index contributed by atoms with van der Waals surface area (Å²) in [4.78, 5) is 10.4. The number of halogens is 1. The molecule has 1 heterocycles. The number of nitrogens with two attached hydrogens (primary N) is 1. The lowest BCUT2D eigenvalue weighted by Gasteiger charge is -2.25. The third-order valence-corrected chi connectivity index (χ3v) is 3.61. The smallest absolute Gasteiger partial charge is 0.221 e. The SMILES string of the molecule is CCc1cnc(N)nc1NC[C@H](c1ccc(F)cc1)N(C)C. The molecule has 0 fully saturated rings. The summed E-state index contributed by atoms with van der Waals surface area (Å²) in [5, 5.41) is 3.33. The van der Waals surface area contributed by atoms with E-state index in [2.05, 4.69) is 20.2 Å². The Bertz CT molecular complexity index is 612. The summed E-state index contributed by atoms with van der Waals surface area (Å²) < 4.78 is 13.1. The van der Waals surface area contributed by atoms with Crippen molar-refractivity contribution in [2.75, 3.05) is 31.7 Å². The van der Waals surface area contributed by atoms with Gasteiger partial charge in [-0.2, -0.15) is 4.98 Å². The van der Waals surface area contributed by atoms with Crippen molar-refractivity contribution >= 4 is 11.8 Å². The van der Waals surface area contributed by atoms with E-state index >= 15 is 0 Å². The first-order chi connectivity index (χ1) is 10.5. The number of nitrogen functional groups attached to an aromatic ring is 1. The molecule has 2 rings (SSSR count). The number of nitrogens with zero attached hydrogens (tertiary/aromatic N) is 3. The zero-order valence-electron chi connectivity index (χ0n) is 13.2. The Hall–Kier alpha value is -2.21. The van der Waals surface area contributed by atoms with Crippen LogP contribution in [0.15, 0.2) is 30.5 Å². The number of anilines is 2. The van der Waals surface area contributed by atoms with Crippen LogP contribution in [0.3, 0.4) is 0 Å². The fourth-order valence-electron chi connectivity index (χ4n) is 2.31. The fourth-order valence-corrected chi connectivity index (χ4v) is 2.31. The number of hydrogen-bond donors (Lipinski definition) is 2. The Morgan fingerprint density at radius 3 is 2.55 bits per heavy atom. The van der Waals surface area contributed by atoms with Gasteiger partial charge in [-0.05, 0) is 38.2 Å². The van der Waals surface area contributed by atoms with Gasteiger partial charge in [-0.1, -0.05) is 19.1 Å². The van der Waals surface area contributed by atoms with Crippen LogP contribution in [0.1, 0.15) is 24.1 Å². The number of aromatic nitrogens is 2. The van der Waals surface area contributed by atoms with Crippen molar-refractivity contribution in [1.82, 2.24) is 14.9 Å². The van der Waals surface area contributed by atoms with E-state index in [0.717, 1.165) is 23.4 Å². The van der Waals surface area contributed by atoms with Crippen LogP contribution in [0.2, 0.25) is 0 Å². The molecule has 0 unspecified atom stereocenters. The van der Waals surface area contributed by atoms with E-state index in [0.29, 0.717) is 6.54 Å². The molecule has 1 aromatic carbocycles. The molecule has 118 valence electrons. The van der Waals surface area contributed by atoms with Crippen molar-refractivity contribution in [3.8, 4) is 0 Å². The van der Waals surface area contributed by atoms with Crippen LogP contribution < -0.4 is 11.1 Å². The first kappa shape index (κ1) is 16.2. The maximum atomic E-state index is 13.1. The van der Waals surface area contributed by atoms with Crippen molar-refractivity contribution in [3.05, 3.63) is 47.4 Å². The van der Waals surface area contributed by atoms with E-state index in [1.54, 1.807) is 18.3 Å². The van der Waals surface area contributed by atoms with Gasteiger partial charge in [0.2, 0.25) is 5.95 Å². The summed E-state index contributed by atoms with van der Waals surface area (Å²) in [6.45, 7) is 2.69. The summed E-state index contributed by atoms with van der Waals surface area (Å²) in [5.41, 5.74) is 7.72. The van der Waals surface area contributed by atoms with Gasteiger partial charge < -0.3 is 16.0 Å². The highest BCUT2D eigenvalue weighted by Crippen LogP contribution is 2.21. The lowest BCUT2D eigenvalue weighted by Crippen LogP contribution is -2.27. The number of nitrogens with one attached hydrogen (secondary N) is 1. The van der Waals surface area contributed by atoms with Gasteiger partial charge in [-0.25, -0.2) is 9.37 Å². The molecule has 0 saturated heterocycles. The van der Waals surface area contributed by atoms with Gasteiger partial charge in [0.25, 0.3) is 0 Å². The summed E-state index contributed by atoms with van der Waals surface area (Å²) >= 11 is 0. The minimum atomic E-state index is -0.231. The van der Waals surface area contributed by atoms with Crippen molar-refractivity contribution in [2.45, 2.75) is 19.4 Å². The molecule has 5 nitrogen and oxygen atoms in total. The highest BCUT2D eigenvalue weighted by Gasteiger charge is 2.15. The molecule has 0 bridgehead atoms. The average Bonchev–Trinajstić information content (AvgIpc) is 2.49. The summed E-state index contributed by atoms with van der Waals surface area (Å²) in [5.74, 6) is 0.776. The normalized spacial score (nSPS) is 12.4. The maximum Gasteiger partial charge on any atom is 0.221 e. The molecule has 0 amide bonds. The first-order valence-corrected chi connectivity index (χ1v) is 7.28. The third-order valence-electron chi connectivity index (χ3n) is 3.61. The fraction of sp³-hybridized carbons (Fsp3) is 0.375. The number of likely N-dealkylation sites (N-methyl/N-ethyl adjacent to an activating group) is 1. The lowest BCUT2D eigenvalue weighted by molar-refractivity contribution is 0.311. The minimum Gasteiger partial charge on any atom is -0.368 e. The average molecular weight is 303 g/mol. The monoisotopic (exact) mass is 303 g/mol. The van der Waals surface area contributed by atoms with Crippen molar-refractivity contribution in [2.24, 2.45) is 0 Å². The van der Waals surface area contributed by atoms with Crippen LogP contribution in [0, 0.1) is 5.82 Å². The summed E-state index contributed by atoms with van der Waals surface area (Å²) in [7, 11) is 3.98.